The molecule has 0 unspecified atom stereocenters. The van der Waals surface area contributed by atoms with Gasteiger partial charge in [0.25, 0.3) is 5.91 Å². The van der Waals surface area contributed by atoms with Crippen molar-refractivity contribution in [2.45, 2.75) is 20.3 Å². The Morgan fingerprint density at radius 3 is 2.50 bits per heavy atom. The first-order chi connectivity index (χ1) is 8.44. The molecule has 100 valence electrons. The van der Waals surface area contributed by atoms with Crippen molar-refractivity contribution in [3.05, 3.63) is 33.4 Å². The number of ether oxygens (including phenoxy) is 1. The van der Waals surface area contributed by atoms with E-state index < -0.39 is 0 Å². The highest BCUT2D eigenvalue weighted by atomic mass is 127. The number of nitrogens with one attached hydrogen (secondary N) is 1. The molecule has 0 atom stereocenters. The molecule has 1 aromatic carbocycles. The molecule has 0 aliphatic heterocycles. The number of rotatable bonds is 6. The standard InChI is InChI=1S/C14H20INO2/c1-14(2,8-9-18-3)10-16-13(17)11-4-6-12(15)7-5-11/h4-7H,8-10H2,1-3H3,(H,16,17). The Kier molecular flexibility index (Phi) is 6.08. The molecule has 0 saturated carbocycles. The summed E-state index contributed by atoms with van der Waals surface area (Å²) in [5.74, 6) is -0.0168. The van der Waals surface area contributed by atoms with Crippen molar-refractivity contribution in [2.75, 3.05) is 20.3 Å². The Labute approximate surface area is 122 Å². The second-order valence-electron chi connectivity index (χ2n) is 5.10. The van der Waals surface area contributed by atoms with E-state index >= 15 is 0 Å². The lowest BCUT2D eigenvalue weighted by atomic mass is 9.89. The first-order valence-corrected chi connectivity index (χ1v) is 7.05. The molecule has 1 amide bonds. The first kappa shape index (κ1) is 15.4. The van der Waals surface area contributed by atoms with Crippen LogP contribution >= 0.6 is 22.6 Å². The highest BCUT2D eigenvalue weighted by molar-refractivity contribution is 14.1. The maximum Gasteiger partial charge on any atom is 0.251 e. The van der Waals surface area contributed by atoms with Crippen LogP contribution in [0.5, 0.6) is 0 Å². The van der Waals surface area contributed by atoms with E-state index in [2.05, 4.69) is 41.8 Å². The number of hydrogen-bond donors (Lipinski definition) is 1. The Balaban J connectivity index is 2.48. The van der Waals surface area contributed by atoms with Gasteiger partial charge < -0.3 is 10.1 Å². The van der Waals surface area contributed by atoms with Crippen LogP contribution in [0.4, 0.5) is 0 Å². The number of carbonyl (C=O) groups is 1. The topological polar surface area (TPSA) is 38.3 Å². The van der Waals surface area contributed by atoms with Crippen molar-refractivity contribution >= 4 is 28.5 Å². The highest BCUT2D eigenvalue weighted by Gasteiger charge is 2.18. The van der Waals surface area contributed by atoms with E-state index in [1.54, 1.807) is 7.11 Å². The zero-order chi connectivity index (χ0) is 13.6. The van der Waals surface area contributed by atoms with E-state index in [9.17, 15) is 4.79 Å². The van der Waals surface area contributed by atoms with E-state index in [1.807, 2.05) is 24.3 Å². The van der Waals surface area contributed by atoms with Crippen LogP contribution in [0, 0.1) is 8.99 Å². The molecular formula is C14H20INO2. The molecular weight excluding hydrogens is 341 g/mol. The molecule has 0 spiro atoms. The second-order valence-corrected chi connectivity index (χ2v) is 6.34. The molecule has 0 aromatic heterocycles. The van der Waals surface area contributed by atoms with Crippen LogP contribution in [0.15, 0.2) is 24.3 Å². The summed E-state index contributed by atoms with van der Waals surface area (Å²) >= 11 is 2.22. The number of halogens is 1. The summed E-state index contributed by atoms with van der Waals surface area (Å²) in [6.07, 6.45) is 0.927. The average Bonchev–Trinajstić information content (AvgIpc) is 2.35. The van der Waals surface area contributed by atoms with Crippen LogP contribution < -0.4 is 5.32 Å². The summed E-state index contributed by atoms with van der Waals surface area (Å²) in [4.78, 5) is 11.9. The summed E-state index contributed by atoms with van der Waals surface area (Å²) in [5, 5.41) is 2.97. The maximum atomic E-state index is 11.9. The lowest BCUT2D eigenvalue weighted by molar-refractivity contribution is 0.0921. The van der Waals surface area contributed by atoms with Gasteiger partial charge in [-0.3, -0.25) is 4.79 Å². The lowest BCUT2D eigenvalue weighted by Gasteiger charge is -2.24. The largest absolute Gasteiger partial charge is 0.385 e. The molecule has 3 nitrogen and oxygen atoms in total. The normalized spacial score (nSPS) is 11.3. The number of amides is 1. The maximum absolute atomic E-state index is 11.9. The number of hydrogen-bond acceptors (Lipinski definition) is 2. The zero-order valence-corrected chi connectivity index (χ0v) is 13.3. The molecule has 0 heterocycles. The molecule has 0 bridgehead atoms. The summed E-state index contributed by atoms with van der Waals surface area (Å²) in [5.41, 5.74) is 0.757. The smallest absolute Gasteiger partial charge is 0.251 e. The Morgan fingerprint density at radius 2 is 1.94 bits per heavy atom. The molecule has 0 saturated heterocycles. The van der Waals surface area contributed by atoms with Crippen molar-refractivity contribution in [3.8, 4) is 0 Å². The van der Waals surface area contributed by atoms with Gasteiger partial charge in [-0.15, -0.1) is 0 Å². The van der Waals surface area contributed by atoms with Crippen molar-refractivity contribution in [1.82, 2.24) is 5.32 Å². The van der Waals surface area contributed by atoms with Gasteiger partial charge in [-0.25, -0.2) is 0 Å². The van der Waals surface area contributed by atoms with Gasteiger partial charge in [-0.2, -0.15) is 0 Å². The molecule has 1 rings (SSSR count). The van der Waals surface area contributed by atoms with Gasteiger partial charge in [0.1, 0.15) is 0 Å². The molecule has 0 aliphatic rings. The monoisotopic (exact) mass is 361 g/mol. The van der Waals surface area contributed by atoms with E-state index in [0.717, 1.165) is 9.99 Å². The molecule has 18 heavy (non-hydrogen) atoms. The first-order valence-electron chi connectivity index (χ1n) is 5.97. The fraction of sp³-hybridized carbons (Fsp3) is 0.500. The lowest BCUT2D eigenvalue weighted by Crippen LogP contribution is -2.34. The van der Waals surface area contributed by atoms with Crippen LogP contribution in [0.25, 0.3) is 0 Å². The summed E-state index contributed by atoms with van der Waals surface area (Å²) in [6, 6.07) is 7.57. The van der Waals surface area contributed by atoms with Gasteiger partial charge in [-0.05, 0) is 58.7 Å². The summed E-state index contributed by atoms with van der Waals surface area (Å²) in [7, 11) is 1.69. The fourth-order valence-corrected chi connectivity index (χ4v) is 1.85. The molecule has 0 aliphatic carbocycles. The van der Waals surface area contributed by atoms with Gasteiger partial charge in [-0.1, -0.05) is 13.8 Å². The highest BCUT2D eigenvalue weighted by Crippen LogP contribution is 2.19. The summed E-state index contributed by atoms with van der Waals surface area (Å²) in [6.45, 7) is 5.62. The molecule has 1 N–H and O–H groups in total. The van der Waals surface area contributed by atoms with Crippen molar-refractivity contribution < 1.29 is 9.53 Å². The van der Waals surface area contributed by atoms with Crippen LogP contribution in [-0.4, -0.2) is 26.2 Å². The minimum atomic E-state index is -0.0168. The molecule has 0 radical (unpaired) electrons. The number of methoxy groups -OCH3 is 1. The third kappa shape index (κ3) is 5.35. The third-order valence-corrected chi connectivity index (χ3v) is 3.54. The Morgan fingerprint density at radius 1 is 1.33 bits per heavy atom. The van der Waals surface area contributed by atoms with Gasteiger partial charge in [0.05, 0.1) is 0 Å². The Hall–Kier alpha value is -0.620. The van der Waals surface area contributed by atoms with Crippen LogP contribution in [0.3, 0.4) is 0 Å². The summed E-state index contributed by atoms with van der Waals surface area (Å²) < 4.78 is 6.20. The van der Waals surface area contributed by atoms with Crippen molar-refractivity contribution in [2.24, 2.45) is 5.41 Å². The Bertz CT molecular complexity index is 387. The molecule has 4 heteroatoms. The average molecular weight is 361 g/mol. The van der Waals surface area contributed by atoms with Crippen LogP contribution in [-0.2, 0) is 4.74 Å². The van der Waals surface area contributed by atoms with Crippen LogP contribution in [0.1, 0.15) is 30.6 Å². The van der Waals surface area contributed by atoms with Crippen molar-refractivity contribution in [1.29, 1.82) is 0 Å². The van der Waals surface area contributed by atoms with Gasteiger partial charge >= 0.3 is 0 Å². The van der Waals surface area contributed by atoms with Crippen LogP contribution in [0.2, 0.25) is 0 Å². The van der Waals surface area contributed by atoms with Gasteiger partial charge in [0.15, 0.2) is 0 Å². The molecule has 1 aromatic rings. The third-order valence-electron chi connectivity index (χ3n) is 2.82. The van der Waals surface area contributed by atoms with Gasteiger partial charge in [0.2, 0.25) is 0 Å². The number of carbonyl (C=O) groups excluding carboxylic acids is 1. The minimum Gasteiger partial charge on any atom is -0.385 e. The number of benzene rings is 1. The van der Waals surface area contributed by atoms with E-state index in [0.29, 0.717) is 18.7 Å². The predicted molar refractivity (Wildman–Crippen MR) is 81.8 cm³/mol. The zero-order valence-electron chi connectivity index (χ0n) is 11.1. The quantitative estimate of drug-likeness (QED) is 0.791. The van der Waals surface area contributed by atoms with Crippen molar-refractivity contribution in [3.63, 3.8) is 0 Å². The predicted octanol–water partition coefficient (Wildman–Crippen LogP) is 3.08. The van der Waals surface area contributed by atoms with E-state index in [4.69, 9.17) is 4.74 Å². The fourth-order valence-electron chi connectivity index (χ4n) is 1.49. The van der Waals surface area contributed by atoms with E-state index in [1.165, 1.54) is 0 Å². The van der Waals surface area contributed by atoms with E-state index in [-0.39, 0.29) is 11.3 Å². The minimum absolute atomic E-state index is 0.0168. The second kappa shape index (κ2) is 7.09. The SMILES string of the molecule is COCCC(C)(C)CNC(=O)c1ccc(I)cc1. The van der Waals surface area contributed by atoms with Gasteiger partial charge in [0, 0.05) is 29.4 Å². The molecule has 0 fully saturated rings.